The standard InChI is InChI=1S/C10H18.C2H7O3P/c1-5-10(4)8-6-7-9(2)3;1-4-6(3)5-2/h5,7,10H,1,6,8H2,2-4H3;6H,1-2H3. The molecule has 0 aliphatic carbocycles. The summed E-state index contributed by atoms with van der Waals surface area (Å²) in [7, 11) is 0.558. The van der Waals surface area contributed by atoms with E-state index in [4.69, 9.17) is 0 Å². The van der Waals surface area contributed by atoms with Gasteiger partial charge in [-0.05, 0) is 32.6 Å². The van der Waals surface area contributed by atoms with Crippen LogP contribution in [0.2, 0.25) is 0 Å². The fourth-order valence-corrected chi connectivity index (χ4v) is 1.00. The van der Waals surface area contributed by atoms with Gasteiger partial charge in [-0.3, -0.25) is 4.57 Å². The van der Waals surface area contributed by atoms with E-state index in [-0.39, 0.29) is 0 Å². The van der Waals surface area contributed by atoms with Crippen molar-refractivity contribution in [3.05, 3.63) is 24.3 Å². The van der Waals surface area contributed by atoms with Crippen molar-refractivity contribution in [2.75, 3.05) is 14.2 Å². The molecule has 96 valence electrons. The van der Waals surface area contributed by atoms with Crippen LogP contribution in [-0.2, 0) is 13.6 Å². The lowest BCUT2D eigenvalue weighted by Crippen LogP contribution is -1.86. The molecule has 0 aliphatic heterocycles. The maximum Gasteiger partial charge on any atom is 0.318 e. The van der Waals surface area contributed by atoms with Gasteiger partial charge in [0.15, 0.2) is 0 Å². The van der Waals surface area contributed by atoms with Crippen LogP contribution in [0, 0.1) is 5.92 Å². The van der Waals surface area contributed by atoms with Crippen LogP contribution >= 0.6 is 8.25 Å². The van der Waals surface area contributed by atoms with E-state index in [9.17, 15) is 4.57 Å². The normalized spacial score (nSPS) is 11.4. The fourth-order valence-electron chi connectivity index (χ4n) is 0.836. The molecule has 0 spiro atoms. The molecule has 16 heavy (non-hydrogen) atoms. The average molecular weight is 248 g/mol. The monoisotopic (exact) mass is 248 g/mol. The van der Waals surface area contributed by atoms with Crippen molar-refractivity contribution >= 4 is 8.25 Å². The maximum absolute atomic E-state index is 9.92. The summed E-state index contributed by atoms with van der Waals surface area (Å²) < 4.78 is 18.4. The Hall–Kier alpha value is -0.370. The van der Waals surface area contributed by atoms with E-state index >= 15 is 0 Å². The summed E-state index contributed by atoms with van der Waals surface area (Å²) in [5, 5.41) is 0. The fraction of sp³-hybridized carbons (Fsp3) is 0.667. The highest BCUT2D eigenvalue weighted by Gasteiger charge is 1.92. The van der Waals surface area contributed by atoms with Crippen LogP contribution in [-0.4, -0.2) is 14.2 Å². The molecule has 0 N–H and O–H groups in total. The third-order valence-electron chi connectivity index (χ3n) is 1.91. The van der Waals surface area contributed by atoms with E-state index in [0.29, 0.717) is 5.92 Å². The van der Waals surface area contributed by atoms with Gasteiger partial charge >= 0.3 is 8.25 Å². The topological polar surface area (TPSA) is 35.5 Å². The minimum absolute atomic E-state index is 0.663. The second kappa shape index (κ2) is 12.7. The van der Waals surface area contributed by atoms with Crippen molar-refractivity contribution in [3.8, 4) is 0 Å². The minimum atomic E-state index is -2.12. The first-order valence-electron chi connectivity index (χ1n) is 5.35. The van der Waals surface area contributed by atoms with Gasteiger partial charge in [-0.1, -0.05) is 24.6 Å². The van der Waals surface area contributed by atoms with Crippen molar-refractivity contribution < 1.29 is 13.6 Å². The number of hydrogen-bond acceptors (Lipinski definition) is 3. The Morgan fingerprint density at radius 2 is 1.88 bits per heavy atom. The van der Waals surface area contributed by atoms with E-state index in [1.807, 2.05) is 6.08 Å². The molecule has 0 rings (SSSR count). The molecule has 0 aromatic heterocycles. The Bertz CT molecular complexity index is 214. The second-order valence-corrected chi connectivity index (χ2v) is 5.05. The van der Waals surface area contributed by atoms with Gasteiger partial charge in [0.1, 0.15) is 0 Å². The van der Waals surface area contributed by atoms with Crippen LogP contribution in [0.25, 0.3) is 0 Å². The molecule has 4 heteroatoms. The summed E-state index contributed by atoms with van der Waals surface area (Å²) in [5.74, 6) is 0.663. The molecule has 0 fully saturated rings. The summed E-state index contributed by atoms with van der Waals surface area (Å²) >= 11 is 0. The minimum Gasteiger partial charge on any atom is -0.314 e. The zero-order valence-corrected chi connectivity index (χ0v) is 12.1. The Labute approximate surface area is 100 Å². The van der Waals surface area contributed by atoms with Gasteiger partial charge in [0.25, 0.3) is 0 Å². The average Bonchev–Trinajstić information content (AvgIpc) is 2.28. The molecule has 0 amide bonds. The van der Waals surface area contributed by atoms with Crippen molar-refractivity contribution in [1.82, 2.24) is 0 Å². The molecule has 1 atom stereocenters. The summed E-state index contributed by atoms with van der Waals surface area (Å²) in [6, 6.07) is 0. The van der Waals surface area contributed by atoms with Gasteiger partial charge in [0.2, 0.25) is 0 Å². The van der Waals surface area contributed by atoms with E-state index in [2.05, 4.69) is 42.5 Å². The number of hydrogen-bond donors (Lipinski definition) is 0. The van der Waals surface area contributed by atoms with Gasteiger partial charge in [-0.15, -0.1) is 6.58 Å². The Balaban J connectivity index is 0. The van der Waals surface area contributed by atoms with Gasteiger partial charge in [-0.2, -0.15) is 0 Å². The lowest BCUT2D eigenvalue weighted by molar-refractivity contribution is 0.302. The SMILES string of the molecule is C=CC(C)CCC=C(C)C.CO[PH](=O)OC. The second-order valence-electron chi connectivity index (χ2n) is 3.73. The molecule has 0 aromatic carbocycles. The quantitative estimate of drug-likeness (QED) is 0.521. The largest absolute Gasteiger partial charge is 0.318 e. The summed E-state index contributed by atoms with van der Waals surface area (Å²) in [5.41, 5.74) is 1.41. The first kappa shape index (κ1) is 18.0. The summed E-state index contributed by atoms with van der Waals surface area (Å²) in [4.78, 5) is 0. The lowest BCUT2D eigenvalue weighted by Gasteiger charge is -2.01. The molecule has 3 nitrogen and oxygen atoms in total. The van der Waals surface area contributed by atoms with Crippen molar-refractivity contribution in [2.24, 2.45) is 5.92 Å². The van der Waals surface area contributed by atoms with E-state index in [0.717, 1.165) is 0 Å². The summed E-state index contributed by atoms with van der Waals surface area (Å²) in [6.45, 7) is 10.2. The number of allylic oxidation sites excluding steroid dienone is 3. The van der Waals surface area contributed by atoms with Crippen molar-refractivity contribution in [3.63, 3.8) is 0 Å². The van der Waals surface area contributed by atoms with Crippen LogP contribution < -0.4 is 0 Å². The summed E-state index contributed by atoms with van der Waals surface area (Å²) in [6.07, 6.45) is 6.71. The molecule has 1 unspecified atom stereocenters. The molecule has 0 saturated heterocycles. The third-order valence-corrected chi connectivity index (χ3v) is 2.58. The molecular weight excluding hydrogens is 223 g/mol. The smallest absolute Gasteiger partial charge is 0.314 e. The highest BCUT2D eigenvalue weighted by Crippen LogP contribution is 2.18. The molecule has 0 aliphatic rings. The van der Waals surface area contributed by atoms with Crippen molar-refractivity contribution in [1.29, 1.82) is 0 Å². The molecule has 0 radical (unpaired) electrons. The first-order valence-corrected chi connectivity index (χ1v) is 6.58. The lowest BCUT2D eigenvalue weighted by atomic mass is 10.1. The Morgan fingerprint density at radius 3 is 2.12 bits per heavy atom. The van der Waals surface area contributed by atoms with Crippen molar-refractivity contribution in [2.45, 2.75) is 33.6 Å². The van der Waals surface area contributed by atoms with E-state index < -0.39 is 8.25 Å². The molecule has 0 bridgehead atoms. The van der Waals surface area contributed by atoms with E-state index in [1.54, 1.807) is 0 Å². The van der Waals surface area contributed by atoms with Crippen LogP contribution in [0.1, 0.15) is 33.6 Å². The van der Waals surface area contributed by atoms with Gasteiger partial charge in [0.05, 0.1) is 0 Å². The Morgan fingerprint density at radius 1 is 1.38 bits per heavy atom. The Kier molecular flexibility index (Phi) is 14.3. The zero-order valence-electron chi connectivity index (χ0n) is 11.1. The van der Waals surface area contributed by atoms with E-state index in [1.165, 1.54) is 32.6 Å². The van der Waals surface area contributed by atoms with Gasteiger partial charge in [0, 0.05) is 14.2 Å². The van der Waals surface area contributed by atoms with Crippen LogP contribution in [0.5, 0.6) is 0 Å². The van der Waals surface area contributed by atoms with Gasteiger partial charge < -0.3 is 9.05 Å². The molecular formula is C12H25O3P. The van der Waals surface area contributed by atoms with Crippen LogP contribution in [0.15, 0.2) is 24.3 Å². The van der Waals surface area contributed by atoms with Crippen LogP contribution in [0.3, 0.4) is 0 Å². The highest BCUT2D eigenvalue weighted by molar-refractivity contribution is 7.33. The molecule has 0 heterocycles. The van der Waals surface area contributed by atoms with Crippen LogP contribution in [0.4, 0.5) is 0 Å². The first-order chi connectivity index (χ1) is 7.47. The maximum atomic E-state index is 9.92. The molecule has 0 saturated carbocycles. The predicted molar refractivity (Wildman–Crippen MR) is 71.0 cm³/mol. The van der Waals surface area contributed by atoms with Gasteiger partial charge in [-0.25, -0.2) is 0 Å². The third kappa shape index (κ3) is 16.1. The molecule has 0 aromatic rings. The zero-order chi connectivity index (χ0) is 13.0. The predicted octanol–water partition coefficient (Wildman–Crippen LogP) is 4.22. The highest BCUT2D eigenvalue weighted by atomic mass is 31.1. The number of rotatable bonds is 6.